The van der Waals surface area contributed by atoms with E-state index in [0.29, 0.717) is 6.61 Å². The van der Waals surface area contributed by atoms with E-state index in [1.807, 2.05) is 6.26 Å². The number of anilines is 1. The molecule has 0 atom stereocenters. The number of hydrogen-bond acceptors (Lipinski definition) is 8. The average Bonchev–Trinajstić information content (AvgIpc) is 3.08. The highest BCUT2D eigenvalue weighted by Crippen LogP contribution is 2.42. The van der Waals surface area contributed by atoms with Gasteiger partial charge < -0.3 is 15.0 Å². The zero-order valence-corrected chi connectivity index (χ0v) is 20.4. The van der Waals surface area contributed by atoms with Crippen molar-refractivity contribution in [3.05, 3.63) is 16.8 Å². The molecule has 0 saturated carbocycles. The lowest BCUT2D eigenvalue weighted by Crippen LogP contribution is -2.32. The minimum Gasteiger partial charge on any atom is -0.370 e. The van der Waals surface area contributed by atoms with Gasteiger partial charge in [-0.2, -0.15) is 0 Å². The van der Waals surface area contributed by atoms with E-state index in [0.717, 1.165) is 64.3 Å². The fourth-order valence-electron chi connectivity index (χ4n) is 4.10. The highest BCUT2D eigenvalue weighted by Gasteiger charge is 2.31. The number of aryl methyl sites for hydroxylation is 1. The van der Waals surface area contributed by atoms with Gasteiger partial charge in [-0.25, -0.2) is 15.0 Å². The molecular formula is C22H31N5OS2. The first kappa shape index (κ1) is 21.7. The topological polar surface area (TPSA) is 63.2 Å². The van der Waals surface area contributed by atoms with Crippen molar-refractivity contribution in [1.29, 1.82) is 0 Å². The molecule has 0 fully saturated rings. The van der Waals surface area contributed by atoms with Crippen molar-refractivity contribution in [2.75, 3.05) is 37.8 Å². The molecule has 0 saturated heterocycles. The summed E-state index contributed by atoms with van der Waals surface area (Å²) < 4.78 is 7.19. The van der Waals surface area contributed by atoms with Gasteiger partial charge in [-0.1, -0.05) is 25.6 Å². The molecule has 4 heterocycles. The summed E-state index contributed by atoms with van der Waals surface area (Å²) in [5.41, 5.74) is 4.49. The van der Waals surface area contributed by atoms with Crippen LogP contribution in [0.15, 0.2) is 5.16 Å². The van der Waals surface area contributed by atoms with Crippen molar-refractivity contribution >= 4 is 49.3 Å². The van der Waals surface area contributed by atoms with E-state index >= 15 is 0 Å². The van der Waals surface area contributed by atoms with Crippen LogP contribution in [0.1, 0.15) is 44.5 Å². The molecule has 3 aromatic rings. The van der Waals surface area contributed by atoms with Gasteiger partial charge in [0.05, 0.1) is 22.4 Å². The Balaban J connectivity index is 1.84. The van der Waals surface area contributed by atoms with E-state index < -0.39 is 0 Å². The Morgan fingerprint density at radius 3 is 2.63 bits per heavy atom. The van der Waals surface area contributed by atoms with Gasteiger partial charge in [-0.15, -0.1) is 11.3 Å². The summed E-state index contributed by atoms with van der Waals surface area (Å²) in [6.45, 7) is 15.4. The van der Waals surface area contributed by atoms with Crippen molar-refractivity contribution in [3.8, 4) is 0 Å². The van der Waals surface area contributed by atoms with Gasteiger partial charge in [0.25, 0.3) is 0 Å². The first-order valence-electron chi connectivity index (χ1n) is 10.6. The highest BCUT2D eigenvalue weighted by atomic mass is 32.2. The van der Waals surface area contributed by atoms with E-state index in [-0.39, 0.29) is 5.60 Å². The lowest BCUT2D eigenvalue weighted by molar-refractivity contribution is -0.0400. The fourth-order valence-corrected chi connectivity index (χ4v) is 5.62. The molecule has 0 bridgehead atoms. The normalized spacial score (nSPS) is 15.8. The van der Waals surface area contributed by atoms with Crippen LogP contribution >= 0.6 is 23.1 Å². The number of rotatable bonds is 7. The Morgan fingerprint density at radius 1 is 1.17 bits per heavy atom. The molecule has 0 unspecified atom stereocenters. The van der Waals surface area contributed by atoms with Crippen molar-refractivity contribution in [2.45, 2.75) is 58.4 Å². The summed E-state index contributed by atoms with van der Waals surface area (Å²) in [4.78, 5) is 18.1. The SMILES string of the molecule is CCN(CC)CCNc1nc(SC)nc2c1sc1nc(C)c3c(c12)CC(C)(C)OC3. The Kier molecular flexibility index (Phi) is 6.21. The molecular weight excluding hydrogens is 414 g/mol. The largest absolute Gasteiger partial charge is 0.370 e. The van der Waals surface area contributed by atoms with Gasteiger partial charge in [0.15, 0.2) is 5.16 Å². The maximum atomic E-state index is 6.09. The van der Waals surface area contributed by atoms with Gasteiger partial charge >= 0.3 is 0 Å². The van der Waals surface area contributed by atoms with Gasteiger partial charge in [0.1, 0.15) is 10.6 Å². The molecule has 1 aliphatic rings. The second-order valence-electron chi connectivity index (χ2n) is 8.35. The number of ether oxygens (including phenoxy) is 1. The lowest BCUT2D eigenvalue weighted by atomic mass is 9.89. The van der Waals surface area contributed by atoms with E-state index in [2.05, 4.69) is 44.8 Å². The Bertz CT molecular complexity index is 1070. The Labute approximate surface area is 186 Å². The Morgan fingerprint density at radius 2 is 1.93 bits per heavy atom. The number of hydrogen-bond donors (Lipinski definition) is 1. The molecule has 162 valence electrons. The van der Waals surface area contributed by atoms with E-state index in [1.54, 1.807) is 23.1 Å². The number of thioether (sulfide) groups is 1. The number of aromatic nitrogens is 3. The smallest absolute Gasteiger partial charge is 0.189 e. The summed E-state index contributed by atoms with van der Waals surface area (Å²) >= 11 is 3.29. The second kappa shape index (κ2) is 8.57. The number of nitrogens with zero attached hydrogens (tertiary/aromatic N) is 4. The van der Waals surface area contributed by atoms with Gasteiger partial charge in [-0.3, -0.25) is 0 Å². The van der Waals surface area contributed by atoms with Crippen LogP contribution in [-0.2, 0) is 17.8 Å². The summed E-state index contributed by atoms with van der Waals surface area (Å²) in [6, 6.07) is 0. The van der Waals surface area contributed by atoms with Crippen LogP contribution in [0.5, 0.6) is 0 Å². The maximum Gasteiger partial charge on any atom is 0.189 e. The molecule has 0 aromatic carbocycles. The number of fused-ring (bicyclic) bond motifs is 5. The minimum atomic E-state index is -0.178. The third-order valence-corrected chi connectivity index (χ3v) is 7.50. The van der Waals surface area contributed by atoms with E-state index in [4.69, 9.17) is 19.7 Å². The van der Waals surface area contributed by atoms with Crippen molar-refractivity contribution in [2.24, 2.45) is 0 Å². The zero-order valence-electron chi connectivity index (χ0n) is 18.8. The van der Waals surface area contributed by atoms with Crippen LogP contribution in [0.2, 0.25) is 0 Å². The summed E-state index contributed by atoms with van der Waals surface area (Å²) in [7, 11) is 0. The van der Waals surface area contributed by atoms with Crippen molar-refractivity contribution in [1.82, 2.24) is 19.9 Å². The standard InChI is InChI=1S/C22H31N5OS2/c1-7-27(8-2)10-9-23-19-18-17(25-21(26-19)29-6)16-14-11-22(4,5)28-12-15(14)13(3)24-20(16)30-18/h7-12H2,1-6H3,(H,23,25,26). The number of nitrogens with one attached hydrogen (secondary N) is 1. The minimum absolute atomic E-state index is 0.178. The zero-order chi connectivity index (χ0) is 21.5. The van der Waals surface area contributed by atoms with Crippen molar-refractivity contribution < 1.29 is 4.74 Å². The maximum absolute atomic E-state index is 6.09. The monoisotopic (exact) mass is 445 g/mol. The molecule has 1 N–H and O–H groups in total. The van der Waals surface area contributed by atoms with Crippen LogP contribution in [0.4, 0.5) is 5.82 Å². The molecule has 3 aromatic heterocycles. The fraction of sp³-hybridized carbons (Fsp3) is 0.591. The molecule has 0 aliphatic carbocycles. The van der Waals surface area contributed by atoms with Gasteiger partial charge in [-0.05, 0) is 45.7 Å². The van der Waals surface area contributed by atoms with E-state index in [9.17, 15) is 0 Å². The predicted octanol–water partition coefficient (Wildman–Crippen LogP) is 4.87. The van der Waals surface area contributed by atoms with Crippen LogP contribution in [0, 0.1) is 6.92 Å². The number of thiophene rings is 1. The summed E-state index contributed by atoms with van der Waals surface area (Å²) in [5, 5.41) is 5.58. The highest BCUT2D eigenvalue weighted by molar-refractivity contribution is 7.98. The second-order valence-corrected chi connectivity index (χ2v) is 10.1. The third kappa shape index (κ3) is 4.02. The molecule has 1 aliphatic heterocycles. The first-order valence-corrected chi connectivity index (χ1v) is 12.7. The van der Waals surface area contributed by atoms with Gasteiger partial charge in [0, 0.05) is 36.2 Å². The quantitative estimate of drug-likeness (QED) is 0.411. The first-order chi connectivity index (χ1) is 14.4. The third-order valence-electron chi connectivity index (χ3n) is 5.87. The van der Waals surface area contributed by atoms with Crippen molar-refractivity contribution in [3.63, 3.8) is 0 Å². The van der Waals surface area contributed by atoms with Gasteiger partial charge in [0.2, 0.25) is 0 Å². The molecule has 0 spiro atoms. The van der Waals surface area contributed by atoms with Crippen LogP contribution in [-0.4, -0.2) is 57.9 Å². The Hall–Kier alpha value is -1.48. The predicted molar refractivity (Wildman–Crippen MR) is 128 cm³/mol. The van der Waals surface area contributed by atoms with Crippen LogP contribution < -0.4 is 5.32 Å². The van der Waals surface area contributed by atoms with Crippen LogP contribution in [0.3, 0.4) is 0 Å². The lowest BCUT2D eigenvalue weighted by Gasteiger charge is -2.32. The molecule has 0 amide bonds. The molecule has 6 nitrogen and oxygen atoms in total. The molecule has 30 heavy (non-hydrogen) atoms. The molecule has 8 heteroatoms. The average molecular weight is 446 g/mol. The molecule has 4 rings (SSSR count). The number of pyridine rings is 1. The summed E-state index contributed by atoms with van der Waals surface area (Å²) in [6.07, 6.45) is 2.90. The van der Waals surface area contributed by atoms with E-state index in [1.165, 1.54) is 16.5 Å². The number of likely N-dealkylation sites (N-methyl/N-ethyl adjacent to an activating group) is 1. The van der Waals surface area contributed by atoms with Crippen LogP contribution in [0.25, 0.3) is 20.4 Å². The summed E-state index contributed by atoms with van der Waals surface area (Å²) in [5.74, 6) is 0.928. The molecule has 0 radical (unpaired) electrons.